The lowest BCUT2D eigenvalue weighted by molar-refractivity contribution is 0.102. The van der Waals surface area contributed by atoms with Crippen LogP contribution in [-0.2, 0) is 19.0 Å². The summed E-state index contributed by atoms with van der Waals surface area (Å²) < 4.78 is 1.96. The number of carbonyl (C=O) groups excluding carboxylic acids is 1. The van der Waals surface area contributed by atoms with Crippen molar-refractivity contribution in [2.75, 3.05) is 11.9 Å². The first-order valence-corrected chi connectivity index (χ1v) is 12.6. The maximum absolute atomic E-state index is 13.3. The van der Waals surface area contributed by atoms with E-state index in [1.807, 2.05) is 29.9 Å². The van der Waals surface area contributed by atoms with Gasteiger partial charge in [0.1, 0.15) is 23.4 Å². The van der Waals surface area contributed by atoms with Gasteiger partial charge >= 0.3 is 0 Å². The van der Waals surface area contributed by atoms with Crippen molar-refractivity contribution in [3.8, 4) is 0 Å². The Morgan fingerprint density at radius 2 is 2.11 bits per heavy atom. The highest BCUT2D eigenvalue weighted by molar-refractivity contribution is 6.35. The van der Waals surface area contributed by atoms with Gasteiger partial charge in [0.05, 0.1) is 27.8 Å². The van der Waals surface area contributed by atoms with Crippen LogP contribution in [0.4, 0.5) is 5.69 Å². The van der Waals surface area contributed by atoms with E-state index in [0.29, 0.717) is 40.3 Å². The minimum absolute atomic E-state index is 0.260. The molecule has 0 atom stereocenters. The highest BCUT2D eigenvalue weighted by atomic mass is 35.5. The first-order chi connectivity index (χ1) is 17.3. The van der Waals surface area contributed by atoms with Crippen LogP contribution in [0.3, 0.4) is 0 Å². The fraction of sp³-hybridized carbons (Fsp3) is 0.423. The van der Waals surface area contributed by atoms with Crippen LogP contribution >= 0.6 is 11.6 Å². The molecule has 9 nitrogen and oxygen atoms in total. The minimum atomic E-state index is -0.312. The zero-order valence-electron chi connectivity index (χ0n) is 21.0. The molecular formula is C26H31ClN8O. The van der Waals surface area contributed by atoms with Crippen molar-refractivity contribution in [1.29, 1.82) is 0 Å². The predicted octanol–water partition coefficient (Wildman–Crippen LogP) is 4.45. The molecule has 3 N–H and O–H groups in total. The zero-order chi connectivity index (χ0) is 25.4. The molecule has 5 rings (SSSR count). The molecule has 1 amide bonds. The number of halogens is 1. The summed E-state index contributed by atoms with van der Waals surface area (Å²) in [5.74, 6) is 1.69. The Labute approximate surface area is 215 Å². The minimum Gasteiger partial charge on any atom is -0.358 e. The van der Waals surface area contributed by atoms with Gasteiger partial charge in [-0.05, 0) is 54.5 Å². The van der Waals surface area contributed by atoms with Gasteiger partial charge in [0.25, 0.3) is 5.91 Å². The maximum atomic E-state index is 13.3. The molecule has 0 aliphatic heterocycles. The number of carbonyl (C=O) groups is 1. The molecule has 1 fully saturated rings. The van der Waals surface area contributed by atoms with Gasteiger partial charge in [-0.15, -0.1) is 10.2 Å². The quantitative estimate of drug-likeness (QED) is 0.325. The molecule has 4 heterocycles. The first kappa shape index (κ1) is 24.4. The summed E-state index contributed by atoms with van der Waals surface area (Å²) in [4.78, 5) is 25.5. The molecule has 4 aromatic rings. The summed E-state index contributed by atoms with van der Waals surface area (Å²) in [5.41, 5.74) is 4.03. The van der Waals surface area contributed by atoms with Gasteiger partial charge < -0.3 is 20.2 Å². The van der Waals surface area contributed by atoms with Crippen LogP contribution in [0.15, 0.2) is 37.1 Å². The largest absolute Gasteiger partial charge is 0.358 e. The van der Waals surface area contributed by atoms with Gasteiger partial charge in [-0.1, -0.05) is 32.4 Å². The molecule has 10 heteroatoms. The Morgan fingerprint density at radius 1 is 1.31 bits per heavy atom. The van der Waals surface area contributed by atoms with E-state index >= 15 is 0 Å². The van der Waals surface area contributed by atoms with Crippen LogP contribution < -0.4 is 10.6 Å². The Kier molecular flexibility index (Phi) is 6.53. The summed E-state index contributed by atoms with van der Waals surface area (Å²) in [5, 5.41) is 15.4. The summed E-state index contributed by atoms with van der Waals surface area (Å²) in [6.07, 6.45) is 8.84. The number of H-pyrrole nitrogens is 1. The van der Waals surface area contributed by atoms with E-state index in [1.165, 1.54) is 0 Å². The predicted molar refractivity (Wildman–Crippen MR) is 140 cm³/mol. The van der Waals surface area contributed by atoms with Crippen molar-refractivity contribution in [3.63, 3.8) is 0 Å². The van der Waals surface area contributed by atoms with Gasteiger partial charge in [-0.3, -0.25) is 9.78 Å². The molecule has 1 aliphatic rings. The molecule has 1 saturated carbocycles. The van der Waals surface area contributed by atoms with Crippen molar-refractivity contribution in [2.45, 2.75) is 45.6 Å². The molecule has 188 valence electrons. The average Bonchev–Trinajstić information content (AvgIpc) is 3.42. The number of fused-ring (bicyclic) bond motifs is 1. The van der Waals surface area contributed by atoms with Gasteiger partial charge in [0, 0.05) is 26.0 Å². The van der Waals surface area contributed by atoms with E-state index in [0.717, 1.165) is 41.9 Å². The topological polar surface area (TPSA) is 113 Å². The Balaban J connectivity index is 1.42. The van der Waals surface area contributed by atoms with Crippen molar-refractivity contribution < 1.29 is 4.79 Å². The zero-order valence-corrected chi connectivity index (χ0v) is 21.7. The molecule has 0 unspecified atom stereocenters. The van der Waals surface area contributed by atoms with Gasteiger partial charge in [-0.2, -0.15) is 0 Å². The van der Waals surface area contributed by atoms with Crippen molar-refractivity contribution in [2.24, 2.45) is 18.9 Å². The number of pyridine rings is 2. The summed E-state index contributed by atoms with van der Waals surface area (Å²) in [7, 11) is 1.96. The summed E-state index contributed by atoms with van der Waals surface area (Å²) in [6, 6.07) is 3.79. The summed E-state index contributed by atoms with van der Waals surface area (Å²) >= 11 is 6.36. The first-order valence-electron chi connectivity index (χ1n) is 12.3. The van der Waals surface area contributed by atoms with Crippen LogP contribution in [0, 0.1) is 11.8 Å². The summed E-state index contributed by atoms with van der Waals surface area (Å²) in [6.45, 7) is 8.00. The number of nitrogens with one attached hydrogen (secondary N) is 3. The van der Waals surface area contributed by atoms with Crippen LogP contribution in [0.25, 0.3) is 11.0 Å². The number of hydrogen-bond acceptors (Lipinski definition) is 6. The monoisotopic (exact) mass is 506 g/mol. The van der Waals surface area contributed by atoms with Crippen LogP contribution in [0.2, 0.25) is 5.02 Å². The average molecular weight is 507 g/mol. The number of anilines is 1. The Hall–Kier alpha value is -3.30. The molecule has 0 aromatic carbocycles. The maximum Gasteiger partial charge on any atom is 0.274 e. The normalized spacial score (nSPS) is 19.6. The fourth-order valence-corrected chi connectivity index (χ4v) is 5.44. The van der Waals surface area contributed by atoms with Gasteiger partial charge in [0.2, 0.25) is 0 Å². The third-order valence-electron chi connectivity index (χ3n) is 6.85. The number of nitrogens with zero attached hydrogens (tertiary/aromatic N) is 5. The fourth-order valence-electron chi connectivity index (χ4n) is 5.25. The van der Waals surface area contributed by atoms with Crippen LogP contribution in [0.5, 0.6) is 0 Å². The molecule has 4 aromatic heterocycles. The van der Waals surface area contributed by atoms with E-state index in [-0.39, 0.29) is 11.3 Å². The second-order valence-electron chi connectivity index (χ2n) is 10.3. The van der Waals surface area contributed by atoms with Crippen molar-refractivity contribution in [3.05, 3.63) is 64.7 Å². The standard InChI is InChI=1S/C26H31ClN8O/c1-15(2)9-28-10-17-5-21(33-23-20(27)13-30-22(17)23)24(36)32-19-6-18(11-29-12-19)26(7-16(3)8-26)25-34-31-14-35(25)4/h5-6,11-16,28,30H,7-10H2,1-4H3,(H,32,36). The van der Waals surface area contributed by atoms with Gasteiger partial charge in [-0.25, -0.2) is 4.98 Å². The lowest BCUT2D eigenvalue weighted by Gasteiger charge is -2.45. The highest BCUT2D eigenvalue weighted by Crippen LogP contribution is 2.51. The number of aryl methyl sites for hydroxylation is 1. The van der Waals surface area contributed by atoms with Crippen molar-refractivity contribution >= 4 is 34.2 Å². The Morgan fingerprint density at radius 3 is 2.81 bits per heavy atom. The highest BCUT2D eigenvalue weighted by Gasteiger charge is 2.48. The molecule has 1 aliphatic carbocycles. The van der Waals surface area contributed by atoms with E-state index in [2.05, 4.69) is 56.6 Å². The second kappa shape index (κ2) is 9.63. The van der Waals surface area contributed by atoms with E-state index in [9.17, 15) is 4.79 Å². The van der Waals surface area contributed by atoms with E-state index < -0.39 is 0 Å². The number of rotatable bonds is 8. The van der Waals surface area contributed by atoms with Crippen molar-refractivity contribution in [1.82, 2.24) is 35.0 Å². The van der Waals surface area contributed by atoms with E-state index in [1.54, 1.807) is 18.7 Å². The number of aromatic amines is 1. The third kappa shape index (κ3) is 4.49. The lowest BCUT2D eigenvalue weighted by atomic mass is 9.59. The molecule has 36 heavy (non-hydrogen) atoms. The van der Waals surface area contributed by atoms with Crippen LogP contribution in [-0.4, -0.2) is 42.2 Å². The lowest BCUT2D eigenvalue weighted by Crippen LogP contribution is -2.43. The van der Waals surface area contributed by atoms with Gasteiger partial charge in [0.15, 0.2) is 0 Å². The smallest absolute Gasteiger partial charge is 0.274 e. The molecular weight excluding hydrogens is 476 g/mol. The molecule has 0 bridgehead atoms. The third-order valence-corrected chi connectivity index (χ3v) is 7.14. The number of amides is 1. The Bertz CT molecular complexity index is 1400. The van der Waals surface area contributed by atoms with Crippen LogP contribution in [0.1, 0.15) is 61.1 Å². The second-order valence-corrected chi connectivity index (χ2v) is 10.7. The molecule has 0 radical (unpaired) electrons. The SMILES string of the molecule is CC(C)CNCc1cc(C(=O)Nc2cncc(C3(c4nncn4C)CC(C)C3)c2)nc2c(Cl)c[nH]c12. The number of aromatic nitrogens is 6. The molecule has 0 saturated heterocycles. The van der Waals surface area contributed by atoms with E-state index in [4.69, 9.17) is 11.6 Å². The molecule has 0 spiro atoms. The number of hydrogen-bond donors (Lipinski definition) is 3.